The first kappa shape index (κ1) is 25.2. The molecule has 1 aliphatic heterocycles. The van der Waals surface area contributed by atoms with Gasteiger partial charge in [0.15, 0.2) is 5.78 Å². The minimum Gasteiger partial charge on any atom is -0.378 e. The van der Waals surface area contributed by atoms with Crippen LogP contribution in [0, 0.1) is 0 Å². The van der Waals surface area contributed by atoms with Crippen LogP contribution in [0.5, 0.6) is 0 Å². The van der Waals surface area contributed by atoms with Gasteiger partial charge < -0.3 is 9.64 Å². The van der Waals surface area contributed by atoms with Gasteiger partial charge in [0.2, 0.25) is 0 Å². The van der Waals surface area contributed by atoms with Gasteiger partial charge in [-0.15, -0.1) is 0 Å². The van der Waals surface area contributed by atoms with E-state index >= 15 is 0 Å². The molecule has 2 heterocycles. The molecule has 0 atom stereocenters. The second-order valence-corrected chi connectivity index (χ2v) is 11.5. The second-order valence-electron chi connectivity index (χ2n) is 9.40. The van der Waals surface area contributed by atoms with Gasteiger partial charge in [0.05, 0.1) is 23.8 Å². The molecule has 4 rings (SSSR count). The van der Waals surface area contributed by atoms with Crippen LogP contribution in [-0.2, 0) is 20.2 Å². The smallest absolute Gasteiger partial charge is 0.261 e. The van der Waals surface area contributed by atoms with Gasteiger partial charge in [0.1, 0.15) is 5.82 Å². The first-order valence-corrected chi connectivity index (χ1v) is 13.2. The Balaban J connectivity index is 1.64. The Morgan fingerprint density at radius 1 is 1.03 bits per heavy atom. The van der Waals surface area contributed by atoms with E-state index in [1.807, 2.05) is 4.90 Å². The van der Waals surface area contributed by atoms with Crippen molar-refractivity contribution in [2.24, 2.45) is 0 Å². The summed E-state index contributed by atoms with van der Waals surface area (Å²) in [6.45, 7) is 8.73. The van der Waals surface area contributed by atoms with Gasteiger partial charge >= 0.3 is 0 Å². The van der Waals surface area contributed by atoms with E-state index in [0.29, 0.717) is 42.7 Å². The number of pyridine rings is 1. The van der Waals surface area contributed by atoms with Crippen molar-refractivity contribution in [3.8, 4) is 0 Å². The third-order valence-corrected chi connectivity index (χ3v) is 7.46. The highest BCUT2D eigenvalue weighted by Crippen LogP contribution is 2.28. The number of hydrogen-bond donors (Lipinski definition) is 1. The van der Waals surface area contributed by atoms with E-state index in [1.54, 1.807) is 48.7 Å². The maximum Gasteiger partial charge on any atom is 0.261 e. The van der Waals surface area contributed by atoms with Crippen molar-refractivity contribution < 1.29 is 17.9 Å². The summed E-state index contributed by atoms with van der Waals surface area (Å²) in [5.74, 6) is 0.312. The number of benzene rings is 2. The maximum atomic E-state index is 13.5. The van der Waals surface area contributed by atoms with Crippen molar-refractivity contribution in [2.45, 2.75) is 31.1 Å². The molecule has 3 aromatic rings. The molecule has 7 nitrogen and oxygen atoms in total. The minimum absolute atomic E-state index is 0.101. The predicted octanol–water partition coefficient (Wildman–Crippen LogP) is 4.90. The fourth-order valence-corrected chi connectivity index (χ4v) is 5.06. The number of aromatic nitrogens is 1. The van der Waals surface area contributed by atoms with E-state index in [0.717, 1.165) is 5.56 Å². The van der Waals surface area contributed by atoms with E-state index in [9.17, 15) is 13.2 Å². The molecule has 0 unspecified atom stereocenters. The van der Waals surface area contributed by atoms with Crippen LogP contribution in [0.3, 0.4) is 0 Å². The Morgan fingerprint density at radius 3 is 2.37 bits per heavy atom. The molecule has 0 aliphatic carbocycles. The Morgan fingerprint density at radius 2 is 1.71 bits per heavy atom. The number of morpholine rings is 1. The van der Waals surface area contributed by atoms with Gasteiger partial charge in [0, 0.05) is 35.4 Å². The van der Waals surface area contributed by atoms with Gasteiger partial charge in [-0.25, -0.2) is 13.4 Å². The Labute approximate surface area is 211 Å². The highest BCUT2D eigenvalue weighted by atomic mass is 35.5. The topological polar surface area (TPSA) is 88.6 Å². The van der Waals surface area contributed by atoms with Crippen LogP contribution < -0.4 is 9.62 Å². The lowest BCUT2D eigenvalue weighted by Gasteiger charge is -2.27. The van der Waals surface area contributed by atoms with Gasteiger partial charge in [-0.1, -0.05) is 44.5 Å². The number of nitrogens with zero attached hydrogens (tertiary/aromatic N) is 2. The molecular formula is C26H28ClN3O4S. The van der Waals surface area contributed by atoms with Crippen LogP contribution in [0.25, 0.3) is 0 Å². The number of halogens is 1. The largest absolute Gasteiger partial charge is 0.378 e. The fourth-order valence-electron chi connectivity index (χ4n) is 3.81. The SMILES string of the molecule is CC(C)(C)c1ccc(S(=O)(=O)Nc2ccc(Cl)cc2C(=O)c2ccnc(N3CCOCC3)c2)cc1. The normalized spacial score (nSPS) is 14.6. The molecule has 1 fully saturated rings. The number of anilines is 2. The van der Waals surface area contributed by atoms with E-state index in [-0.39, 0.29) is 27.3 Å². The molecule has 184 valence electrons. The van der Waals surface area contributed by atoms with Gasteiger partial charge in [-0.2, -0.15) is 0 Å². The zero-order valence-corrected chi connectivity index (χ0v) is 21.5. The number of carbonyl (C=O) groups excluding carboxylic acids is 1. The lowest BCUT2D eigenvalue weighted by Crippen LogP contribution is -2.36. The molecular weight excluding hydrogens is 486 g/mol. The summed E-state index contributed by atoms with van der Waals surface area (Å²) in [6.07, 6.45) is 1.57. The first-order valence-electron chi connectivity index (χ1n) is 11.3. The molecule has 2 aromatic carbocycles. The van der Waals surface area contributed by atoms with Crippen LogP contribution in [0.1, 0.15) is 42.3 Å². The molecule has 0 saturated carbocycles. The Hall–Kier alpha value is -2.94. The average Bonchev–Trinajstić information content (AvgIpc) is 2.85. The lowest BCUT2D eigenvalue weighted by molar-refractivity contribution is 0.103. The number of hydrogen-bond acceptors (Lipinski definition) is 6. The molecule has 1 N–H and O–H groups in total. The number of ketones is 1. The van der Waals surface area contributed by atoms with Gasteiger partial charge in [-0.3, -0.25) is 9.52 Å². The van der Waals surface area contributed by atoms with Crippen molar-refractivity contribution in [3.05, 3.63) is 82.5 Å². The summed E-state index contributed by atoms with van der Waals surface area (Å²) in [5, 5.41) is 0.327. The average molecular weight is 514 g/mol. The second kappa shape index (κ2) is 9.97. The highest BCUT2D eigenvalue weighted by Gasteiger charge is 2.22. The molecule has 0 amide bonds. The summed E-state index contributed by atoms with van der Waals surface area (Å²) < 4.78 is 34.2. The minimum atomic E-state index is -3.93. The van der Waals surface area contributed by atoms with Gasteiger partial charge in [-0.05, 0) is 53.4 Å². The van der Waals surface area contributed by atoms with E-state index in [4.69, 9.17) is 16.3 Å². The summed E-state index contributed by atoms with van der Waals surface area (Å²) in [7, 11) is -3.93. The van der Waals surface area contributed by atoms with Gasteiger partial charge in [0.25, 0.3) is 10.0 Å². The van der Waals surface area contributed by atoms with Crippen molar-refractivity contribution in [2.75, 3.05) is 35.9 Å². The van der Waals surface area contributed by atoms with Crippen LogP contribution in [-0.4, -0.2) is 45.5 Å². The molecule has 9 heteroatoms. The van der Waals surface area contributed by atoms with E-state index < -0.39 is 10.0 Å². The van der Waals surface area contributed by atoms with Crippen molar-refractivity contribution >= 4 is 38.9 Å². The van der Waals surface area contributed by atoms with Crippen LogP contribution >= 0.6 is 11.6 Å². The van der Waals surface area contributed by atoms with E-state index in [2.05, 4.69) is 30.5 Å². The van der Waals surface area contributed by atoms with Crippen LogP contribution in [0.4, 0.5) is 11.5 Å². The molecule has 1 saturated heterocycles. The highest BCUT2D eigenvalue weighted by molar-refractivity contribution is 7.92. The number of sulfonamides is 1. The van der Waals surface area contributed by atoms with Crippen molar-refractivity contribution in [1.29, 1.82) is 0 Å². The predicted molar refractivity (Wildman–Crippen MR) is 138 cm³/mol. The number of nitrogens with one attached hydrogen (secondary N) is 1. The van der Waals surface area contributed by atoms with E-state index in [1.165, 1.54) is 12.1 Å². The van der Waals surface area contributed by atoms with Crippen LogP contribution in [0.2, 0.25) is 5.02 Å². The van der Waals surface area contributed by atoms with Crippen LogP contribution in [0.15, 0.2) is 65.7 Å². The Kier molecular flexibility index (Phi) is 7.17. The van der Waals surface area contributed by atoms with Crippen molar-refractivity contribution in [1.82, 2.24) is 4.98 Å². The lowest BCUT2D eigenvalue weighted by atomic mass is 9.87. The molecule has 0 radical (unpaired) electrons. The zero-order chi connectivity index (χ0) is 25.2. The standard InChI is InChI=1S/C26H28ClN3O4S/c1-26(2,3)19-4-7-21(8-5-19)35(32,33)29-23-9-6-20(27)17-22(23)25(31)18-10-11-28-24(16-18)30-12-14-34-15-13-30/h4-11,16-17,29H,12-15H2,1-3H3. The summed E-state index contributed by atoms with van der Waals surface area (Å²) in [4.78, 5) is 20.0. The Bertz CT molecular complexity index is 1330. The molecule has 0 bridgehead atoms. The van der Waals surface area contributed by atoms with Crippen molar-refractivity contribution in [3.63, 3.8) is 0 Å². The number of ether oxygens (including phenoxy) is 1. The summed E-state index contributed by atoms with van der Waals surface area (Å²) >= 11 is 6.19. The molecule has 35 heavy (non-hydrogen) atoms. The third-order valence-electron chi connectivity index (χ3n) is 5.84. The number of rotatable bonds is 6. The quantitative estimate of drug-likeness (QED) is 0.471. The third kappa shape index (κ3) is 5.83. The molecule has 1 aromatic heterocycles. The monoisotopic (exact) mass is 513 g/mol. The molecule has 0 spiro atoms. The molecule has 1 aliphatic rings. The fraction of sp³-hybridized carbons (Fsp3) is 0.308. The zero-order valence-electron chi connectivity index (χ0n) is 19.9. The summed E-state index contributed by atoms with van der Waals surface area (Å²) in [6, 6.07) is 14.6. The summed E-state index contributed by atoms with van der Waals surface area (Å²) in [5.41, 5.74) is 1.62. The first-order chi connectivity index (χ1) is 16.5. The number of carbonyl (C=O) groups is 1. The maximum absolute atomic E-state index is 13.5.